The van der Waals surface area contributed by atoms with Gasteiger partial charge in [-0.25, -0.2) is 0 Å². The molecule has 1 fully saturated rings. The lowest BCUT2D eigenvalue weighted by atomic mass is 10.1. The fourth-order valence-electron chi connectivity index (χ4n) is 4.15. The second-order valence-electron chi connectivity index (χ2n) is 7.54. The summed E-state index contributed by atoms with van der Waals surface area (Å²) >= 11 is 0. The van der Waals surface area contributed by atoms with Crippen LogP contribution in [0.4, 0.5) is 5.69 Å². The third kappa shape index (κ3) is 3.47. The topological polar surface area (TPSA) is 78.7 Å². The second-order valence-corrected chi connectivity index (χ2v) is 7.54. The van der Waals surface area contributed by atoms with Crippen molar-refractivity contribution in [3.05, 3.63) is 65.2 Å². The zero-order valence-electron chi connectivity index (χ0n) is 16.1. The van der Waals surface area contributed by atoms with E-state index >= 15 is 0 Å². The summed E-state index contributed by atoms with van der Waals surface area (Å²) < 4.78 is 0. The largest absolute Gasteiger partial charge is 0.363 e. The number of amides is 2. The predicted octanol–water partition coefficient (Wildman–Crippen LogP) is 1.88. The molecule has 2 heterocycles. The van der Waals surface area contributed by atoms with Crippen LogP contribution in [-0.4, -0.2) is 41.9 Å². The highest BCUT2D eigenvalue weighted by molar-refractivity contribution is 5.98. The molecule has 28 heavy (non-hydrogen) atoms. The van der Waals surface area contributed by atoms with Crippen LogP contribution < -0.4 is 16.0 Å². The van der Waals surface area contributed by atoms with Crippen LogP contribution in [0.15, 0.2) is 48.5 Å². The Morgan fingerprint density at radius 2 is 1.82 bits per heavy atom. The zero-order valence-corrected chi connectivity index (χ0v) is 16.1. The minimum absolute atomic E-state index is 0.130. The number of likely N-dealkylation sites (N-methyl/N-ethyl adjacent to an activating group) is 1. The van der Waals surface area contributed by atoms with Crippen LogP contribution in [-0.2, 0) is 17.9 Å². The average Bonchev–Trinajstić information content (AvgIpc) is 3.31. The maximum atomic E-state index is 13.2. The van der Waals surface area contributed by atoms with Gasteiger partial charge in [-0.1, -0.05) is 30.3 Å². The number of likely N-dealkylation sites (tertiary alicyclic amines) is 1. The van der Waals surface area contributed by atoms with Crippen molar-refractivity contribution in [1.29, 1.82) is 0 Å². The van der Waals surface area contributed by atoms with Crippen molar-refractivity contribution >= 4 is 17.5 Å². The van der Waals surface area contributed by atoms with E-state index in [0.29, 0.717) is 25.1 Å². The van der Waals surface area contributed by atoms with E-state index in [9.17, 15) is 9.59 Å². The molecule has 0 aliphatic carbocycles. The summed E-state index contributed by atoms with van der Waals surface area (Å²) in [4.78, 5) is 29.4. The number of nitrogens with two attached hydrogens (primary N) is 1. The molecule has 4 rings (SSSR count). The van der Waals surface area contributed by atoms with Gasteiger partial charge in [0, 0.05) is 43.5 Å². The Morgan fingerprint density at radius 3 is 2.50 bits per heavy atom. The van der Waals surface area contributed by atoms with Crippen LogP contribution in [0.1, 0.15) is 34.8 Å². The fraction of sp³-hybridized carbons (Fsp3) is 0.364. The number of benzene rings is 2. The smallest absolute Gasteiger partial charge is 0.254 e. The SMILES string of the molecule is CCNC(=O)[C@@H]1C[C@H](N)CN1C(=O)c1cccc(N2Cc3ccccc3C2)c1. The summed E-state index contributed by atoms with van der Waals surface area (Å²) in [5.41, 5.74) is 10.3. The first-order valence-electron chi connectivity index (χ1n) is 9.83. The summed E-state index contributed by atoms with van der Waals surface area (Å²) in [6, 6.07) is 15.4. The molecule has 2 aliphatic rings. The molecule has 2 aromatic rings. The summed E-state index contributed by atoms with van der Waals surface area (Å²) in [6.45, 7) is 4.49. The van der Waals surface area contributed by atoms with E-state index in [-0.39, 0.29) is 17.9 Å². The first-order chi connectivity index (χ1) is 13.6. The summed E-state index contributed by atoms with van der Waals surface area (Å²) in [5.74, 6) is -0.266. The molecule has 2 aliphatic heterocycles. The number of fused-ring (bicyclic) bond motifs is 1. The molecule has 2 amide bonds. The van der Waals surface area contributed by atoms with Crippen molar-refractivity contribution < 1.29 is 9.59 Å². The summed E-state index contributed by atoms with van der Waals surface area (Å²) in [6.07, 6.45) is 0.499. The van der Waals surface area contributed by atoms with Gasteiger partial charge in [-0.15, -0.1) is 0 Å². The molecule has 2 aromatic carbocycles. The molecule has 146 valence electrons. The molecular formula is C22H26N4O2. The van der Waals surface area contributed by atoms with E-state index < -0.39 is 6.04 Å². The van der Waals surface area contributed by atoms with E-state index in [4.69, 9.17) is 5.73 Å². The standard InChI is InChI=1S/C22H26N4O2/c1-2-24-21(27)20-11-18(23)14-26(20)22(28)15-8-5-9-19(10-15)25-12-16-6-3-4-7-17(16)13-25/h3-10,18,20H,2,11-14,23H2,1H3,(H,24,27)/t18-,20-/m0/s1. The number of hydrogen-bond acceptors (Lipinski definition) is 4. The highest BCUT2D eigenvalue weighted by Gasteiger charge is 2.38. The van der Waals surface area contributed by atoms with Gasteiger partial charge in [-0.05, 0) is 42.7 Å². The Morgan fingerprint density at radius 1 is 1.11 bits per heavy atom. The molecule has 6 nitrogen and oxygen atoms in total. The second kappa shape index (κ2) is 7.64. The van der Waals surface area contributed by atoms with Crippen molar-refractivity contribution in [3.8, 4) is 0 Å². The molecule has 0 bridgehead atoms. The zero-order chi connectivity index (χ0) is 19.7. The molecule has 0 saturated carbocycles. The van der Waals surface area contributed by atoms with Crippen LogP contribution >= 0.6 is 0 Å². The Bertz CT molecular complexity index is 873. The highest BCUT2D eigenvalue weighted by atomic mass is 16.2. The fourth-order valence-corrected chi connectivity index (χ4v) is 4.15. The number of nitrogens with one attached hydrogen (secondary N) is 1. The van der Waals surface area contributed by atoms with E-state index in [0.717, 1.165) is 18.8 Å². The molecule has 0 aromatic heterocycles. The van der Waals surface area contributed by atoms with Gasteiger partial charge in [0.05, 0.1) is 0 Å². The first-order valence-corrected chi connectivity index (χ1v) is 9.83. The molecule has 6 heteroatoms. The number of rotatable bonds is 4. The van der Waals surface area contributed by atoms with Crippen molar-refractivity contribution in [3.63, 3.8) is 0 Å². The number of anilines is 1. The lowest BCUT2D eigenvalue weighted by Crippen LogP contribution is -2.46. The molecule has 1 saturated heterocycles. The van der Waals surface area contributed by atoms with E-state index in [1.807, 2.05) is 31.2 Å². The van der Waals surface area contributed by atoms with Crippen molar-refractivity contribution in [2.75, 3.05) is 18.0 Å². The quantitative estimate of drug-likeness (QED) is 0.852. The van der Waals surface area contributed by atoms with Gasteiger partial charge < -0.3 is 20.9 Å². The highest BCUT2D eigenvalue weighted by Crippen LogP contribution is 2.29. The lowest BCUT2D eigenvalue weighted by Gasteiger charge is -2.24. The minimum Gasteiger partial charge on any atom is -0.363 e. The number of carbonyl (C=O) groups is 2. The predicted molar refractivity (Wildman–Crippen MR) is 109 cm³/mol. The average molecular weight is 378 g/mol. The summed E-state index contributed by atoms with van der Waals surface area (Å²) in [5, 5.41) is 2.81. The van der Waals surface area contributed by atoms with Crippen molar-refractivity contribution in [2.45, 2.75) is 38.5 Å². The Hall–Kier alpha value is -2.86. The van der Waals surface area contributed by atoms with E-state index in [2.05, 4.69) is 34.5 Å². The van der Waals surface area contributed by atoms with Crippen molar-refractivity contribution in [2.24, 2.45) is 5.73 Å². The number of hydrogen-bond donors (Lipinski definition) is 2. The lowest BCUT2D eigenvalue weighted by molar-refractivity contribution is -0.124. The normalized spacial score (nSPS) is 20.9. The van der Waals surface area contributed by atoms with Gasteiger partial charge in [0.2, 0.25) is 5.91 Å². The minimum atomic E-state index is -0.498. The third-order valence-electron chi connectivity index (χ3n) is 5.55. The van der Waals surface area contributed by atoms with E-state index in [1.165, 1.54) is 11.1 Å². The molecular weight excluding hydrogens is 352 g/mol. The van der Waals surface area contributed by atoms with Gasteiger partial charge in [0.15, 0.2) is 0 Å². The molecule has 0 spiro atoms. The van der Waals surface area contributed by atoms with E-state index in [1.54, 1.807) is 4.90 Å². The first kappa shape index (κ1) is 18.5. The maximum absolute atomic E-state index is 13.2. The molecule has 0 unspecified atom stereocenters. The van der Waals surface area contributed by atoms with Gasteiger partial charge in [-0.2, -0.15) is 0 Å². The Balaban J connectivity index is 1.54. The number of nitrogens with zero attached hydrogens (tertiary/aromatic N) is 2. The van der Waals surface area contributed by atoms with Crippen LogP contribution in [0.2, 0.25) is 0 Å². The van der Waals surface area contributed by atoms with Crippen LogP contribution in [0, 0.1) is 0 Å². The van der Waals surface area contributed by atoms with Gasteiger partial charge >= 0.3 is 0 Å². The van der Waals surface area contributed by atoms with Crippen molar-refractivity contribution in [1.82, 2.24) is 10.2 Å². The molecule has 3 N–H and O–H groups in total. The summed E-state index contributed by atoms with van der Waals surface area (Å²) in [7, 11) is 0. The van der Waals surface area contributed by atoms with Gasteiger partial charge in [-0.3, -0.25) is 9.59 Å². The monoisotopic (exact) mass is 378 g/mol. The van der Waals surface area contributed by atoms with Crippen LogP contribution in [0.25, 0.3) is 0 Å². The molecule has 0 radical (unpaired) electrons. The van der Waals surface area contributed by atoms with Gasteiger partial charge in [0.1, 0.15) is 6.04 Å². The molecule has 2 atom stereocenters. The van der Waals surface area contributed by atoms with Gasteiger partial charge in [0.25, 0.3) is 5.91 Å². The number of carbonyl (C=O) groups excluding carboxylic acids is 2. The maximum Gasteiger partial charge on any atom is 0.254 e. The third-order valence-corrected chi connectivity index (χ3v) is 5.55. The van der Waals surface area contributed by atoms with Crippen LogP contribution in [0.5, 0.6) is 0 Å². The Labute approximate surface area is 165 Å². The Kier molecular flexibility index (Phi) is 5.05. The van der Waals surface area contributed by atoms with Crippen LogP contribution in [0.3, 0.4) is 0 Å².